The summed E-state index contributed by atoms with van der Waals surface area (Å²) in [5, 5.41) is 4.49. The summed E-state index contributed by atoms with van der Waals surface area (Å²) in [4.78, 5) is 20.7. The second kappa shape index (κ2) is 6.86. The molecule has 0 fully saturated rings. The fraction of sp³-hybridized carbons (Fsp3) is 0.158. The maximum atomic E-state index is 13.1. The molecule has 0 aliphatic heterocycles. The molecule has 1 atom stereocenters. The van der Waals surface area contributed by atoms with Crippen molar-refractivity contribution in [2.24, 2.45) is 0 Å². The first-order chi connectivity index (χ1) is 12.6. The van der Waals surface area contributed by atoms with E-state index in [9.17, 15) is 9.18 Å². The molecule has 0 unspecified atom stereocenters. The molecule has 0 saturated heterocycles. The molecule has 0 aliphatic carbocycles. The quantitative estimate of drug-likeness (QED) is 0.566. The van der Waals surface area contributed by atoms with Crippen LogP contribution in [-0.2, 0) is 6.54 Å². The van der Waals surface area contributed by atoms with Gasteiger partial charge in [0.1, 0.15) is 23.2 Å². The summed E-state index contributed by atoms with van der Waals surface area (Å²) in [5.41, 5.74) is 1.40. The number of halogens is 1. The number of aromatic amines is 1. The average molecular weight is 370 g/mol. The van der Waals surface area contributed by atoms with Crippen molar-refractivity contribution in [1.82, 2.24) is 9.97 Å². The Morgan fingerprint density at radius 1 is 1.31 bits per heavy atom. The van der Waals surface area contributed by atoms with Crippen LogP contribution in [0.15, 0.2) is 57.3 Å². The van der Waals surface area contributed by atoms with Gasteiger partial charge in [0.25, 0.3) is 5.56 Å². The average Bonchev–Trinajstić information content (AvgIpc) is 3.30. The fourth-order valence-electron chi connectivity index (χ4n) is 2.89. The van der Waals surface area contributed by atoms with Crippen molar-refractivity contribution in [3.8, 4) is 11.1 Å². The molecular weight excluding hydrogens is 353 g/mol. The largest absolute Gasteiger partial charge is 0.463 e. The SMILES string of the molecule is C[C@@H]([NH2+]Cc1nc2scc(-c3ccc(F)cc3)c2c(=O)[nH]1)c1ccco1. The van der Waals surface area contributed by atoms with Crippen LogP contribution in [0.2, 0.25) is 0 Å². The second-order valence-electron chi connectivity index (χ2n) is 6.09. The standard InChI is InChI=1S/C19H16FN3O2S/c1-11(15-3-2-8-25-15)21-9-16-22-18(24)17-14(10-26-19(17)23-16)12-4-6-13(20)7-5-12/h2-8,10-11,21H,9H2,1H3,(H,22,23,24)/p+1/t11-/m1/s1. The van der Waals surface area contributed by atoms with Gasteiger partial charge in [-0.3, -0.25) is 4.79 Å². The number of aromatic nitrogens is 2. The lowest BCUT2D eigenvalue weighted by Gasteiger charge is -2.07. The highest BCUT2D eigenvalue weighted by Gasteiger charge is 2.16. The van der Waals surface area contributed by atoms with Gasteiger partial charge in [-0.15, -0.1) is 11.3 Å². The fourth-order valence-corrected chi connectivity index (χ4v) is 3.85. The van der Waals surface area contributed by atoms with Crippen LogP contribution in [0.3, 0.4) is 0 Å². The Morgan fingerprint density at radius 3 is 2.85 bits per heavy atom. The Balaban J connectivity index is 1.61. The van der Waals surface area contributed by atoms with E-state index in [1.165, 1.54) is 23.5 Å². The number of nitrogens with two attached hydrogens (primary N) is 1. The van der Waals surface area contributed by atoms with E-state index in [2.05, 4.69) is 15.3 Å². The van der Waals surface area contributed by atoms with Crippen molar-refractivity contribution < 1.29 is 14.1 Å². The summed E-state index contributed by atoms with van der Waals surface area (Å²) < 4.78 is 18.5. The van der Waals surface area contributed by atoms with Crippen LogP contribution in [0, 0.1) is 5.82 Å². The topological polar surface area (TPSA) is 75.5 Å². The van der Waals surface area contributed by atoms with Crippen LogP contribution < -0.4 is 10.9 Å². The molecule has 5 nitrogen and oxygen atoms in total. The lowest BCUT2D eigenvalue weighted by Crippen LogP contribution is -2.83. The number of hydrogen-bond donors (Lipinski definition) is 2. The molecule has 132 valence electrons. The van der Waals surface area contributed by atoms with Gasteiger partial charge in [0.05, 0.1) is 11.6 Å². The normalized spacial score (nSPS) is 12.5. The summed E-state index contributed by atoms with van der Waals surface area (Å²) in [5.74, 6) is 1.19. The van der Waals surface area contributed by atoms with Gasteiger partial charge in [0, 0.05) is 10.9 Å². The summed E-state index contributed by atoms with van der Waals surface area (Å²) in [6.45, 7) is 2.57. The Morgan fingerprint density at radius 2 is 2.12 bits per heavy atom. The van der Waals surface area contributed by atoms with Crippen molar-refractivity contribution in [2.75, 3.05) is 0 Å². The number of fused-ring (bicyclic) bond motifs is 1. The van der Waals surface area contributed by atoms with Crippen LogP contribution >= 0.6 is 11.3 Å². The number of nitrogens with one attached hydrogen (secondary N) is 1. The van der Waals surface area contributed by atoms with E-state index in [1.54, 1.807) is 18.4 Å². The zero-order valence-electron chi connectivity index (χ0n) is 14.0. The number of thiophene rings is 1. The van der Waals surface area contributed by atoms with Gasteiger partial charge in [-0.2, -0.15) is 0 Å². The molecule has 3 N–H and O–H groups in total. The van der Waals surface area contributed by atoms with E-state index >= 15 is 0 Å². The maximum absolute atomic E-state index is 13.1. The van der Waals surface area contributed by atoms with Crippen LogP contribution in [0.1, 0.15) is 24.6 Å². The number of hydrogen-bond acceptors (Lipinski definition) is 4. The lowest BCUT2D eigenvalue weighted by atomic mass is 10.1. The Hall–Kier alpha value is -2.77. The first-order valence-corrected chi connectivity index (χ1v) is 9.13. The van der Waals surface area contributed by atoms with Gasteiger partial charge in [0.15, 0.2) is 11.6 Å². The van der Waals surface area contributed by atoms with Crippen molar-refractivity contribution in [1.29, 1.82) is 0 Å². The van der Waals surface area contributed by atoms with Gasteiger partial charge in [-0.1, -0.05) is 12.1 Å². The summed E-state index contributed by atoms with van der Waals surface area (Å²) in [7, 11) is 0. The van der Waals surface area contributed by atoms with E-state index in [-0.39, 0.29) is 17.4 Å². The third-order valence-electron chi connectivity index (χ3n) is 4.30. The number of benzene rings is 1. The molecule has 7 heteroatoms. The Kier molecular flexibility index (Phi) is 4.40. The summed E-state index contributed by atoms with van der Waals surface area (Å²) in [6, 6.07) is 10.0. The minimum atomic E-state index is -0.302. The number of furan rings is 1. The van der Waals surface area contributed by atoms with Gasteiger partial charge in [-0.25, -0.2) is 9.37 Å². The lowest BCUT2D eigenvalue weighted by molar-refractivity contribution is -0.710. The molecule has 1 aromatic carbocycles. The molecule has 0 radical (unpaired) electrons. The van der Waals surface area contributed by atoms with E-state index in [4.69, 9.17) is 4.42 Å². The van der Waals surface area contributed by atoms with Gasteiger partial charge >= 0.3 is 0 Å². The Labute approximate surface area is 152 Å². The molecule has 0 spiro atoms. The van der Waals surface area contributed by atoms with E-state index in [0.717, 1.165) is 16.9 Å². The predicted molar refractivity (Wildman–Crippen MR) is 98.4 cm³/mol. The van der Waals surface area contributed by atoms with Gasteiger partial charge in [0.2, 0.25) is 0 Å². The van der Waals surface area contributed by atoms with E-state index in [1.807, 2.05) is 24.4 Å². The summed E-state index contributed by atoms with van der Waals surface area (Å²) in [6.07, 6.45) is 1.65. The highest BCUT2D eigenvalue weighted by molar-refractivity contribution is 7.17. The molecule has 4 rings (SSSR count). The number of rotatable bonds is 5. The molecular formula is C19H17FN3O2S+. The van der Waals surface area contributed by atoms with Crippen molar-refractivity contribution >= 4 is 21.6 Å². The molecule has 4 aromatic rings. The zero-order chi connectivity index (χ0) is 18.1. The van der Waals surface area contributed by atoms with Crippen LogP contribution in [0.4, 0.5) is 4.39 Å². The highest BCUT2D eigenvalue weighted by atomic mass is 32.1. The Bertz CT molecular complexity index is 1080. The molecule has 0 aliphatic rings. The minimum absolute atomic E-state index is 0.129. The zero-order valence-corrected chi connectivity index (χ0v) is 14.8. The molecule has 3 heterocycles. The van der Waals surface area contributed by atoms with E-state index < -0.39 is 0 Å². The third-order valence-corrected chi connectivity index (χ3v) is 5.18. The molecule has 0 amide bonds. The molecule has 3 aromatic heterocycles. The molecule has 26 heavy (non-hydrogen) atoms. The van der Waals surface area contributed by atoms with Crippen LogP contribution in [-0.4, -0.2) is 9.97 Å². The first-order valence-electron chi connectivity index (χ1n) is 8.25. The molecule has 0 saturated carbocycles. The molecule has 0 bridgehead atoms. The first kappa shape index (κ1) is 16.7. The van der Waals surface area contributed by atoms with Crippen molar-refractivity contribution in [3.05, 3.63) is 75.8 Å². The van der Waals surface area contributed by atoms with Crippen LogP contribution in [0.5, 0.6) is 0 Å². The number of H-pyrrole nitrogens is 1. The van der Waals surface area contributed by atoms with Gasteiger partial charge in [-0.05, 0) is 36.8 Å². The predicted octanol–water partition coefficient (Wildman–Crippen LogP) is 3.21. The third kappa shape index (κ3) is 3.18. The summed E-state index contributed by atoms with van der Waals surface area (Å²) >= 11 is 1.42. The van der Waals surface area contributed by atoms with Crippen molar-refractivity contribution in [2.45, 2.75) is 19.5 Å². The van der Waals surface area contributed by atoms with Crippen LogP contribution in [0.25, 0.3) is 21.3 Å². The highest BCUT2D eigenvalue weighted by Crippen LogP contribution is 2.30. The van der Waals surface area contributed by atoms with E-state index in [0.29, 0.717) is 22.6 Å². The maximum Gasteiger partial charge on any atom is 0.260 e. The number of nitrogens with zero attached hydrogens (tertiary/aromatic N) is 1. The minimum Gasteiger partial charge on any atom is -0.463 e. The second-order valence-corrected chi connectivity index (χ2v) is 6.95. The number of quaternary nitrogens is 1. The van der Waals surface area contributed by atoms with Gasteiger partial charge < -0.3 is 14.7 Å². The smallest absolute Gasteiger partial charge is 0.260 e. The van der Waals surface area contributed by atoms with Crippen molar-refractivity contribution in [3.63, 3.8) is 0 Å². The monoisotopic (exact) mass is 370 g/mol.